The zero-order chi connectivity index (χ0) is 19.4. The first-order chi connectivity index (χ1) is 13.0. The molecule has 7 nitrogen and oxygen atoms in total. The molecule has 1 aromatic heterocycles. The lowest BCUT2D eigenvalue weighted by Gasteiger charge is -2.17. The Morgan fingerprint density at radius 3 is 2.78 bits per heavy atom. The van der Waals surface area contributed by atoms with Crippen LogP contribution >= 0.6 is 11.8 Å². The molecule has 0 saturated heterocycles. The molecule has 2 N–H and O–H groups in total. The Morgan fingerprint density at radius 2 is 2.04 bits per heavy atom. The van der Waals surface area contributed by atoms with Crippen LogP contribution in [0.25, 0.3) is 0 Å². The Kier molecular flexibility index (Phi) is 6.15. The maximum absolute atomic E-state index is 12.7. The van der Waals surface area contributed by atoms with Gasteiger partial charge in [-0.3, -0.25) is 9.59 Å². The predicted octanol–water partition coefficient (Wildman–Crippen LogP) is 2.03. The lowest BCUT2D eigenvalue weighted by Crippen LogP contribution is -2.30. The first-order valence-electron chi connectivity index (χ1n) is 9.17. The molecular formula is C19H25N5O2S. The summed E-state index contributed by atoms with van der Waals surface area (Å²) in [5.74, 6) is 1.16. The van der Waals surface area contributed by atoms with Crippen LogP contribution in [0.1, 0.15) is 31.7 Å². The number of anilines is 1. The molecule has 8 heteroatoms. The summed E-state index contributed by atoms with van der Waals surface area (Å²) in [4.78, 5) is 25.7. The second kappa shape index (κ2) is 8.56. The van der Waals surface area contributed by atoms with Crippen LogP contribution in [0.3, 0.4) is 0 Å². The SMILES string of the molecule is CC(C)Cn1c(CCC(N)=O)nnc1SCC(=O)N1CCc2ccccc21. The van der Waals surface area contributed by atoms with Crippen molar-refractivity contribution >= 4 is 29.3 Å². The third-order valence-corrected chi connectivity index (χ3v) is 5.40. The monoisotopic (exact) mass is 387 g/mol. The molecule has 0 fully saturated rings. The van der Waals surface area contributed by atoms with Crippen LogP contribution in [0.5, 0.6) is 0 Å². The summed E-state index contributed by atoms with van der Waals surface area (Å²) in [7, 11) is 0. The first kappa shape index (κ1) is 19.4. The van der Waals surface area contributed by atoms with E-state index in [4.69, 9.17) is 5.73 Å². The van der Waals surface area contributed by atoms with Crippen LogP contribution in [0.15, 0.2) is 29.4 Å². The molecule has 0 radical (unpaired) electrons. The Bertz CT molecular complexity index is 833. The van der Waals surface area contributed by atoms with Gasteiger partial charge in [-0.15, -0.1) is 10.2 Å². The Labute approximate surface area is 163 Å². The molecule has 1 aliphatic rings. The van der Waals surface area contributed by atoms with E-state index in [1.807, 2.05) is 27.7 Å². The van der Waals surface area contributed by atoms with Gasteiger partial charge in [0.05, 0.1) is 5.75 Å². The number of aromatic nitrogens is 3. The van der Waals surface area contributed by atoms with E-state index in [9.17, 15) is 9.59 Å². The molecule has 144 valence electrons. The van der Waals surface area contributed by atoms with Crippen molar-refractivity contribution in [1.82, 2.24) is 14.8 Å². The molecule has 1 aromatic carbocycles. The molecule has 27 heavy (non-hydrogen) atoms. The van der Waals surface area contributed by atoms with Crippen LogP contribution in [0.4, 0.5) is 5.69 Å². The number of thioether (sulfide) groups is 1. The lowest BCUT2D eigenvalue weighted by atomic mass is 10.2. The van der Waals surface area contributed by atoms with E-state index in [0.717, 1.165) is 31.0 Å². The molecule has 0 saturated carbocycles. The number of rotatable bonds is 8. The van der Waals surface area contributed by atoms with Gasteiger partial charge in [0.1, 0.15) is 5.82 Å². The van der Waals surface area contributed by atoms with Gasteiger partial charge in [-0.1, -0.05) is 43.8 Å². The minimum atomic E-state index is -0.355. The number of primary amides is 1. The van der Waals surface area contributed by atoms with E-state index < -0.39 is 0 Å². The zero-order valence-electron chi connectivity index (χ0n) is 15.7. The summed E-state index contributed by atoms with van der Waals surface area (Å²) in [6.45, 7) is 5.68. The topological polar surface area (TPSA) is 94.1 Å². The Hall–Kier alpha value is -2.35. The fourth-order valence-electron chi connectivity index (χ4n) is 3.20. The van der Waals surface area contributed by atoms with Gasteiger partial charge < -0.3 is 15.2 Å². The number of nitrogens with zero attached hydrogens (tertiary/aromatic N) is 4. The molecule has 0 spiro atoms. The van der Waals surface area contributed by atoms with Crippen LogP contribution in [0, 0.1) is 5.92 Å². The summed E-state index contributed by atoms with van der Waals surface area (Å²) >= 11 is 1.40. The van der Waals surface area contributed by atoms with Crippen molar-refractivity contribution < 1.29 is 9.59 Å². The van der Waals surface area contributed by atoms with E-state index in [-0.39, 0.29) is 18.2 Å². The van der Waals surface area contributed by atoms with Crippen molar-refractivity contribution in [2.45, 2.75) is 44.8 Å². The normalized spacial score (nSPS) is 13.2. The Balaban J connectivity index is 1.68. The van der Waals surface area contributed by atoms with Crippen LogP contribution < -0.4 is 10.6 Å². The van der Waals surface area contributed by atoms with Gasteiger partial charge in [0, 0.05) is 31.6 Å². The van der Waals surface area contributed by atoms with Crippen LogP contribution in [0.2, 0.25) is 0 Å². The number of para-hydroxylation sites is 1. The summed E-state index contributed by atoms with van der Waals surface area (Å²) in [5.41, 5.74) is 7.48. The van der Waals surface area contributed by atoms with E-state index in [1.54, 1.807) is 0 Å². The van der Waals surface area contributed by atoms with Crippen LogP contribution in [-0.2, 0) is 29.0 Å². The molecule has 2 heterocycles. The van der Waals surface area contributed by atoms with Crippen LogP contribution in [-0.4, -0.2) is 38.9 Å². The minimum absolute atomic E-state index is 0.0720. The highest BCUT2D eigenvalue weighted by Gasteiger charge is 2.25. The smallest absolute Gasteiger partial charge is 0.237 e. The quantitative estimate of drug-likeness (QED) is 0.700. The van der Waals surface area contributed by atoms with Gasteiger partial charge in [0.25, 0.3) is 0 Å². The molecule has 2 aromatic rings. The van der Waals surface area contributed by atoms with Gasteiger partial charge in [-0.05, 0) is 24.0 Å². The van der Waals surface area contributed by atoms with Gasteiger partial charge in [0.2, 0.25) is 11.8 Å². The van der Waals surface area contributed by atoms with Crippen molar-refractivity contribution in [2.24, 2.45) is 11.7 Å². The fraction of sp³-hybridized carbons (Fsp3) is 0.474. The van der Waals surface area contributed by atoms with Gasteiger partial charge in [0.15, 0.2) is 5.16 Å². The van der Waals surface area contributed by atoms with Gasteiger partial charge >= 0.3 is 0 Å². The summed E-state index contributed by atoms with van der Waals surface area (Å²) in [5, 5.41) is 9.17. The maximum atomic E-state index is 12.7. The molecule has 0 aliphatic carbocycles. The molecule has 0 unspecified atom stereocenters. The van der Waals surface area contributed by atoms with E-state index in [0.29, 0.717) is 23.2 Å². The van der Waals surface area contributed by atoms with Crippen molar-refractivity contribution in [3.8, 4) is 0 Å². The largest absolute Gasteiger partial charge is 0.370 e. The molecule has 0 bridgehead atoms. The van der Waals surface area contributed by atoms with Crippen molar-refractivity contribution in [3.05, 3.63) is 35.7 Å². The van der Waals surface area contributed by atoms with E-state index in [1.165, 1.54) is 17.3 Å². The van der Waals surface area contributed by atoms with Gasteiger partial charge in [-0.25, -0.2) is 0 Å². The molecule has 3 rings (SSSR count). The van der Waals surface area contributed by atoms with Gasteiger partial charge in [-0.2, -0.15) is 0 Å². The standard InChI is InChI=1S/C19H25N5O2S/c1-13(2)11-24-17(8-7-16(20)25)21-22-19(24)27-12-18(26)23-10-9-14-5-3-4-6-15(14)23/h3-6,13H,7-12H2,1-2H3,(H2,20,25). The number of aryl methyl sites for hydroxylation is 1. The third kappa shape index (κ3) is 4.68. The number of hydrogen-bond acceptors (Lipinski definition) is 5. The molecule has 0 atom stereocenters. The number of carbonyl (C=O) groups excluding carboxylic acids is 2. The fourth-order valence-corrected chi connectivity index (χ4v) is 4.04. The third-order valence-electron chi connectivity index (χ3n) is 4.45. The van der Waals surface area contributed by atoms with Crippen molar-refractivity contribution in [3.63, 3.8) is 0 Å². The number of nitrogens with two attached hydrogens (primary N) is 1. The van der Waals surface area contributed by atoms with Crippen molar-refractivity contribution in [1.29, 1.82) is 0 Å². The van der Waals surface area contributed by atoms with E-state index >= 15 is 0 Å². The Morgan fingerprint density at radius 1 is 1.26 bits per heavy atom. The number of benzene rings is 1. The average Bonchev–Trinajstić information content (AvgIpc) is 3.21. The second-order valence-electron chi connectivity index (χ2n) is 7.08. The lowest BCUT2D eigenvalue weighted by molar-refractivity contribution is -0.118. The summed E-state index contributed by atoms with van der Waals surface area (Å²) in [6.07, 6.45) is 1.60. The summed E-state index contributed by atoms with van der Waals surface area (Å²) in [6, 6.07) is 8.03. The summed E-state index contributed by atoms with van der Waals surface area (Å²) < 4.78 is 2.00. The zero-order valence-corrected chi connectivity index (χ0v) is 16.5. The van der Waals surface area contributed by atoms with E-state index in [2.05, 4.69) is 30.1 Å². The number of fused-ring (bicyclic) bond motifs is 1. The molecule has 2 amide bonds. The second-order valence-corrected chi connectivity index (χ2v) is 8.02. The number of amides is 2. The highest BCUT2D eigenvalue weighted by Crippen LogP contribution is 2.29. The highest BCUT2D eigenvalue weighted by atomic mass is 32.2. The highest BCUT2D eigenvalue weighted by molar-refractivity contribution is 7.99. The minimum Gasteiger partial charge on any atom is -0.370 e. The number of carbonyl (C=O) groups is 2. The number of hydrogen-bond donors (Lipinski definition) is 1. The molecule has 1 aliphatic heterocycles. The van der Waals surface area contributed by atoms with Crippen molar-refractivity contribution in [2.75, 3.05) is 17.2 Å². The predicted molar refractivity (Wildman–Crippen MR) is 106 cm³/mol. The maximum Gasteiger partial charge on any atom is 0.237 e. The first-order valence-corrected chi connectivity index (χ1v) is 10.2. The average molecular weight is 388 g/mol. The molecular weight excluding hydrogens is 362 g/mol.